The molecule has 6 nitrogen and oxygen atoms in total. The minimum atomic E-state index is -0.312. The zero-order valence-electron chi connectivity index (χ0n) is 14.8. The summed E-state index contributed by atoms with van der Waals surface area (Å²) in [5, 5.41) is 5.80. The van der Waals surface area contributed by atoms with Gasteiger partial charge in [-0.25, -0.2) is 14.4 Å². The third-order valence-electron chi connectivity index (χ3n) is 3.83. The largest absolute Gasteiger partial charge is 0.497 e. The fourth-order valence-corrected chi connectivity index (χ4v) is 2.43. The number of nitrogens with zero attached hydrogens (tertiary/aromatic N) is 2. The Hall–Kier alpha value is -3.48. The van der Waals surface area contributed by atoms with Crippen LogP contribution in [0.4, 0.5) is 15.9 Å². The first-order chi connectivity index (χ1) is 13.1. The number of nitrogens with one attached hydrogen (secondary N) is 2. The second-order valence-corrected chi connectivity index (χ2v) is 5.78. The zero-order chi connectivity index (χ0) is 19.1. The lowest BCUT2D eigenvalue weighted by molar-refractivity contribution is 0.0949. The maximum atomic E-state index is 12.9. The predicted octanol–water partition coefficient (Wildman–Crippen LogP) is 3.34. The van der Waals surface area contributed by atoms with E-state index in [0.717, 1.165) is 11.3 Å². The predicted molar refractivity (Wildman–Crippen MR) is 101 cm³/mol. The van der Waals surface area contributed by atoms with Gasteiger partial charge in [-0.3, -0.25) is 4.79 Å². The first kappa shape index (κ1) is 18.3. The second kappa shape index (κ2) is 8.75. The molecule has 2 N–H and O–H groups in total. The summed E-state index contributed by atoms with van der Waals surface area (Å²) < 4.78 is 18.1. The van der Waals surface area contributed by atoms with Crippen molar-refractivity contribution >= 4 is 17.4 Å². The molecule has 0 spiro atoms. The van der Waals surface area contributed by atoms with Crippen LogP contribution >= 0.6 is 0 Å². The molecule has 0 unspecified atom stereocenters. The van der Waals surface area contributed by atoms with Gasteiger partial charge in [0.05, 0.1) is 19.5 Å². The normalized spacial score (nSPS) is 10.3. The number of ether oxygens (including phenoxy) is 1. The fourth-order valence-electron chi connectivity index (χ4n) is 2.43. The van der Waals surface area contributed by atoms with E-state index in [0.29, 0.717) is 24.5 Å². The van der Waals surface area contributed by atoms with Gasteiger partial charge in [-0.05, 0) is 48.4 Å². The van der Waals surface area contributed by atoms with E-state index in [4.69, 9.17) is 4.74 Å². The molecule has 0 aliphatic heterocycles. The molecular formula is C20H19FN4O2. The summed E-state index contributed by atoms with van der Waals surface area (Å²) in [5.41, 5.74) is 1.98. The first-order valence-corrected chi connectivity index (χ1v) is 8.40. The van der Waals surface area contributed by atoms with Crippen molar-refractivity contribution in [2.24, 2.45) is 0 Å². The molecule has 1 amide bonds. The van der Waals surface area contributed by atoms with E-state index in [1.807, 2.05) is 24.3 Å². The molecule has 0 saturated heterocycles. The van der Waals surface area contributed by atoms with Crippen molar-refractivity contribution in [3.8, 4) is 5.75 Å². The van der Waals surface area contributed by atoms with Gasteiger partial charge in [0.2, 0.25) is 0 Å². The van der Waals surface area contributed by atoms with Crippen LogP contribution in [0.3, 0.4) is 0 Å². The van der Waals surface area contributed by atoms with Crippen molar-refractivity contribution in [1.82, 2.24) is 15.3 Å². The van der Waals surface area contributed by atoms with Gasteiger partial charge in [0.15, 0.2) is 0 Å². The van der Waals surface area contributed by atoms with Crippen LogP contribution in [0.15, 0.2) is 60.9 Å². The maximum Gasteiger partial charge on any atom is 0.271 e. The summed E-state index contributed by atoms with van der Waals surface area (Å²) in [6.07, 6.45) is 3.54. The molecule has 1 aromatic heterocycles. The SMILES string of the molecule is COc1cccc(CCNC(=O)c2cnc(Nc3ccc(F)cc3)cn2)c1. The standard InChI is InChI=1S/C20H19FN4O2/c1-27-17-4-2-3-14(11-17)9-10-22-20(26)18-12-24-19(13-23-18)25-16-7-5-15(21)6-8-16/h2-8,11-13H,9-10H2,1H3,(H,22,26)(H,24,25). The summed E-state index contributed by atoms with van der Waals surface area (Å²) in [5.74, 6) is 0.648. The molecule has 7 heteroatoms. The summed E-state index contributed by atoms with van der Waals surface area (Å²) in [7, 11) is 1.62. The lowest BCUT2D eigenvalue weighted by atomic mass is 10.1. The Morgan fingerprint density at radius 1 is 1.11 bits per heavy atom. The third-order valence-corrected chi connectivity index (χ3v) is 3.83. The van der Waals surface area contributed by atoms with Crippen molar-refractivity contribution in [2.75, 3.05) is 19.0 Å². The van der Waals surface area contributed by atoms with Crippen LogP contribution in [0.2, 0.25) is 0 Å². The summed E-state index contributed by atoms with van der Waals surface area (Å²) in [6, 6.07) is 13.6. The van der Waals surface area contributed by atoms with Crippen molar-refractivity contribution in [1.29, 1.82) is 0 Å². The van der Waals surface area contributed by atoms with Gasteiger partial charge in [-0.2, -0.15) is 0 Å². The van der Waals surface area contributed by atoms with Crippen LogP contribution in [0.25, 0.3) is 0 Å². The monoisotopic (exact) mass is 366 g/mol. The van der Waals surface area contributed by atoms with E-state index in [9.17, 15) is 9.18 Å². The van der Waals surface area contributed by atoms with Gasteiger partial charge in [-0.15, -0.1) is 0 Å². The molecule has 27 heavy (non-hydrogen) atoms. The number of hydrogen-bond acceptors (Lipinski definition) is 5. The van der Waals surface area contributed by atoms with Crippen molar-refractivity contribution in [3.63, 3.8) is 0 Å². The van der Waals surface area contributed by atoms with E-state index >= 15 is 0 Å². The molecule has 1 heterocycles. The molecule has 138 valence electrons. The summed E-state index contributed by atoms with van der Waals surface area (Å²) in [6.45, 7) is 0.475. The molecule has 3 rings (SSSR count). The van der Waals surface area contributed by atoms with E-state index in [1.165, 1.54) is 24.5 Å². The highest BCUT2D eigenvalue weighted by atomic mass is 19.1. The summed E-state index contributed by atoms with van der Waals surface area (Å²) >= 11 is 0. The minimum Gasteiger partial charge on any atom is -0.497 e. The van der Waals surface area contributed by atoms with Gasteiger partial charge >= 0.3 is 0 Å². The van der Waals surface area contributed by atoms with Crippen LogP contribution in [0, 0.1) is 5.82 Å². The second-order valence-electron chi connectivity index (χ2n) is 5.78. The lowest BCUT2D eigenvalue weighted by Gasteiger charge is -2.08. The molecule has 3 aromatic rings. The van der Waals surface area contributed by atoms with Crippen molar-refractivity contribution < 1.29 is 13.9 Å². The average Bonchev–Trinajstić information content (AvgIpc) is 2.70. The topological polar surface area (TPSA) is 76.1 Å². The number of halogens is 1. The number of carbonyl (C=O) groups excluding carboxylic acids is 1. The molecule has 0 atom stereocenters. The number of hydrogen-bond donors (Lipinski definition) is 2. The van der Waals surface area contributed by atoms with E-state index in [2.05, 4.69) is 20.6 Å². The third kappa shape index (κ3) is 5.24. The van der Waals surface area contributed by atoms with Crippen LogP contribution in [-0.2, 0) is 6.42 Å². The number of aromatic nitrogens is 2. The van der Waals surface area contributed by atoms with Crippen LogP contribution in [0.5, 0.6) is 5.75 Å². The Bertz CT molecular complexity index is 899. The molecule has 0 fully saturated rings. The molecule has 0 bridgehead atoms. The highest BCUT2D eigenvalue weighted by Gasteiger charge is 2.08. The van der Waals surface area contributed by atoms with E-state index in [1.54, 1.807) is 19.2 Å². The molecule has 0 saturated carbocycles. The van der Waals surface area contributed by atoms with Crippen molar-refractivity contribution in [2.45, 2.75) is 6.42 Å². The van der Waals surface area contributed by atoms with Gasteiger partial charge in [-0.1, -0.05) is 12.1 Å². The van der Waals surface area contributed by atoms with E-state index < -0.39 is 0 Å². The Morgan fingerprint density at radius 3 is 2.63 bits per heavy atom. The number of carbonyl (C=O) groups is 1. The van der Waals surface area contributed by atoms with Crippen LogP contribution < -0.4 is 15.4 Å². The molecule has 0 radical (unpaired) electrons. The van der Waals surface area contributed by atoms with Crippen molar-refractivity contribution in [3.05, 3.63) is 78.0 Å². The quantitative estimate of drug-likeness (QED) is 0.671. The number of methoxy groups -OCH3 is 1. The summed E-state index contributed by atoms with van der Waals surface area (Å²) in [4.78, 5) is 20.4. The average molecular weight is 366 g/mol. The smallest absolute Gasteiger partial charge is 0.271 e. The van der Waals surface area contributed by atoms with Gasteiger partial charge < -0.3 is 15.4 Å². The van der Waals surface area contributed by atoms with Gasteiger partial charge in [0, 0.05) is 12.2 Å². The Labute approximate surface area is 156 Å². The fraction of sp³-hybridized carbons (Fsp3) is 0.150. The molecule has 0 aliphatic rings. The Morgan fingerprint density at radius 2 is 1.93 bits per heavy atom. The highest BCUT2D eigenvalue weighted by molar-refractivity contribution is 5.92. The van der Waals surface area contributed by atoms with Gasteiger partial charge in [0.1, 0.15) is 23.1 Å². The minimum absolute atomic E-state index is 0.227. The Balaban J connectivity index is 1.51. The Kier molecular flexibility index (Phi) is 5.94. The first-order valence-electron chi connectivity index (χ1n) is 8.40. The number of anilines is 2. The zero-order valence-corrected chi connectivity index (χ0v) is 14.8. The van der Waals surface area contributed by atoms with Crippen LogP contribution in [-0.4, -0.2) is 29.5 Å². The highest BCUT2D eigenvalue weighted by Crippen LogP contribution is 2.14. The lowest BCUT2D eigenvalue weighted by Crippen LogP contribution is -2.26. The number of benzene rings is 2. The van der Waals surface area contributed by atoms with E-state index in [-0.39, 0.29) is 17.4 Å². The molecule has 0 aliphatic carbocycles. The van der Waals surface area contributed by atoms with Crippen LogP contribution in [0.1, 0.15) is 16.1 Å². The van der Waals surface area contributed by atoms with Gasteiger partial charge in [0.25, 0.3) is 5.91 Å². The maximum absolute atomic E-state index is 12.9. The number of amides is 1. The number of rotatable bonds is 7. The molecule has 2 aromatic carbocycles. The molecular weight excluding hydrogens is 347 g/mol.